The molecule has 1 aliphatic rings. The van der Waals surface area contributed by atoms with E-state index in [0.29, 0.717) is 41.1 Å². The first-order valence-electron chi connectivity index (χ1n) is 11.0. The first-order chi connectivity index (χ1) is 17.1. The molecule has 9 nitrogen and oxygen atoms in total. The van der Waals surface area contributed by atoms with Crippen LogP contribution >= 0.6 is 23.1 Å². The Morgan fingerprint density at radius 1 is 1.26 bits per heavy atom. The molecule has 1 aromatic carbocycles. The second-order valence-corrected chi connectivity index (χ2v) is 9.71. The molecule has 0 bridgehead atoms. The predicted molar refractivity (Wildman–Crippen MR) is 129 cm³/mol. The van der Waals surface area contributed by atoms with Crippen LogP contribution in [0, 0.1) is 5.82 Å². The van der Waals surface area contributed by atoms with Crippen molar-refractivity contribution in [2.24, 2.45) is 0 Å². The standard InChI is InChI=1S/C23H21FN6O3S2/c24-14-6-8-15(9-7-14)30-20(18-5-3-11-33-18)28-29-23(30)35-13-19-26-17(12-34-19)22(32)27-16-4-1-2-10-25-21(16)31/h3,5-9,11-12,16H,1-2,4,10,13H2,(H,25,31)(H,27,32). The normalized spacial score (nSPS) is 16.0. The number of carbonyl (C=O) groups is 2. The van der Waals surface area contributed by atoms with Gasteiger partial charge >= 0.3 is 0 Å². The van der Waals surface area contributed by atoms with Gasteiger partial charge in [0, 0.05) is 11.9 Å². The highest BCUT2D eigenvalue weighted by atomic mass is 32.2. The molecular formula is C23H21FN6O3S2. The summed E-state index contributed by atoms with van der Waals surface area (Å²) in [5.74, 6) is 0.600. The molecule has 2 N–H and O–H groups in total. The van der Waals surface area contributed by atoms with E-state index in [-0.39, 0.29) is 23.3 Å². The smallest absolute Gasteiger partial charge is 0.271 e. The Morgan fingerprint density at radius 3 is 2.91 bits per heavy atom. The summed E-state index contributed by atoms with van der Waals surface area (Å²) in [5, 5.41) is 17.1. The SMILES string of the molecule is O=C(NC1CCCCNC1=O)c1csc(CSc2nnc(-c3ccco3)n2-c2ccc(F)cc2)n1. The Bertz CT molecular complexity index is 1320. The lowest BCUT2D eigenvalue weighted by Gasteiger charge is -2.14. The number of halogens is 1. The predicted octanol–water partition coefficient (Wildman–Crippen LogP) is 3.81. The fourth-order valence-corrected chi connectivity index (χ4v) is 5.41. The number of hydrogen-bond donors (Lipinski definition) is 2. The maximum atomic E-state index is 13.5. The molecule has 5 rings (SSSR count). The Hall–Kier alpha value is -3.51. The van der Waals surface area contributed by atoms with Crippen LogP contribution in [0.1, 0.15) is 34.8 Å². The minimum Gasteiger partial charge on any atom is -0.461 e. The lowest BCUT2D eigenvalue weighted by Crippen LogP contribution is -2.45. The Labute approximate surface area is 208 Å². The largest absolute Gasteiger partial charge is 0.461 e. The monoisotopic (exact) mass is 512 g/mol. The third-order valence-electron chi connectivity index (χ3n) is 5.41. The third-order valence-corrected chi connectivity index (χ3v) is 7.38. The van der Waals surface area contributed by atoms with E-state index >= 15 is 0 Å². The van der Waals surface area contributed by atoms with Crippen LogP contribution in [0.4, 0.5) is 4.39 Å². The summed E-state index contributed by atoms with van der Waals surface area (Å²) >= 11 is 2.74. The van der Waals surface area contributed by atoms with Crippen molar-refractivity contribution in [1.82, 2.24) is 30.4 Å². The van der Waals surface area contributed by atoms with E-state index < -0.39 is 6.04 Å². The number of nitrogens with one attached hydrogen (secondary N) is 2. The zero-order valence-electron chi connectivity index (χ0n) is 18.4. The van der Waals surface area contributed by atoms with Gasteiger partial charge < -0.3 is 15.1 Å². The van der Waals surface area contributed by atoms with E-state index in [2.05, 4.69) is 25.8 Å². The van der Waals surface area contributed by atoms with Crippen molar-refractivity contribution in [3.63, 3.8) is 0 Å². The number of aromatic nitrogens is 4. The highest BCUT2D eigenvalue weighted by Crippen LogP contribution is 2.30. The van der Waals surface area contributed by atoms with Crippen molar-refractivity contribution in [1.29, 1.82) is 0 Å². The average Bonchev–Trinajstić information content (AvgIpc) is 3.60. The maximum absolute atomic E-state index is 13.5. The van der Waals surface area contributed by atoms with Gasteiger partial charge in [-0.1, -0.05) is 11.8 Å². The van der Waals surface area contributed by atoms with Gasteiger partial charge in [0.2, 0.25) is 11.7 Å². The second-order valence-electron chi connectivity index (χ2n) is 7.82. The van der Waals surface area contributed by atoms with Crippen molar-refractivity contribution in [3.8, 4) is 17.3 Å². The molecular weight excluding hydrogens is 491 g/mol. The minimum atomic E-state index is -0.543. The van der Waals surface area contributed by atoms with Crippen LogP contribution < -0.4 is 10.6 Å². The minimum absolute atomic E-state index is 0.158. The van der Waals surface area contributed by atoms with Crippen molar-refractivity contribution < 1.29 is 18.4 Å². The number of thioether (sulfide) groups is 1. The number of hydrogen-bond acceptors (Lipinski definition) is 8. The first kappa shape index (κ1) is 23.2. The molecule has 0 aliphatic carbocycles. The Balaban J connectivity index is 1.31. The van der Waals surface area contributed by atoms with Crippen LogP contribution in [-0.4, -0.2) is 44.1 Å². The number of benzene rings is 1. The van der Waals surface area contributed by atoms with Crippen LogP contribution in [0.2, 0.25) is 0 Å². The van der Waals surface area contributed by atoms with Crippen molar-refractivity contribution in [2.75, 3.05) is 6.54 Å². The van der Waals surface area contributed by atoms with Gasteiger partial charge in [-0.15, -0.1) is 21.5 Å². The van der Waals surface area contributed by atoms with Crippen LogP contribution in [0.25, 0.3) is 17.3 Å². The highest BCUT2D eigenvalue weighted by molar-refractivity contribution is 7.98. The van der Waals surface area contributed by atoms with Crippen LogP contribution in [0.5, 0.6) is 0 Å². The molecule has 1 aliphatic heterocycles. The third kappa shape index (κ3) is 5.28. The summed E-state index contributed by atoms with van der Waals surface area (Å²) in [5.41, 5.74) is 0.963. The zero-order valence-corrected chi connectivity index (χ0v) is 20.1. The summed E-state index contributed by atoms with van der Waals surface area (Å²) in [4.78, 5) is 29.2. The molecule has 4 aromatic rings. The van der Waals surface area contributed by atoms with Gasteiger partial charge in [0.1, 0.15) is 22.6 Å². The van der Waals surface area contributed by atoms with E-state index in [1.165, 1.54) is 35.2 Å². The van der Waals surface area contributed by atoms with E-state index in [0.717, 1.165) is 17.8 Å². The summed E-state index contributed by atoms with van der Waals surface area (Å²) < 4.78 is 20.8. The fraction of sp³-hybridized carbons (Fsp3) is 0.261. The Morgan fingerprint density at radius 2 is 2.11 bits per heavy atom. The molecule has 3 aromatic heterocycles. The highest BCUT2D eigenvalue weighted by Gasteiger charge is 2.24. The van der Waals surface area contributed by atoms with Gasteiger partial charge in [0.05, 0.1) is 17.7 Å². The van der Waals surface area contributed by atoms with E-state index in [9.17, 15) is 14.0 Å². The van der Waals surface area contributed by atoms with Crippen molar-refractivity contribution in [3.05, 3.63) is 64.6 Å². The van der Waals surface area contributed by atoms with Crippen LogP contribution in [-0.2, 0) is 10.5 Å². The molecule has 0 saturated carbocycles. The molecule has 0 radical (unpaired) electrons. The number of thiazole rings is 1. The number of carbonyl (C=O) groups excluding carboxylic acids is 2. The number of furan rings is 1. The second kappa shape index (κ2) is 10.4. The quantitative estimate of drug-likeness (QED) is 0.362. The maximum Gasteiger partial charge on any atom is 0.271 e. The lowest BCUT2D eigenvalue weighted by molar-refractivity contribution is -0.122. The lowest BCUT2D eigenvalue weighted by atomic mass is 10.1. The van der Waals surface area contributed by atoms with Gasteiger partial charge in [-0.2, -0.15) is 0 Å². The first-order valence-corrected chi connectivity index (χ1v) is 12.9. The molecule has 0 spiro atoms. The van der Waals surface area contributed by atoms with Gasteiger partial charge in [0.15, 0.2) is 10.9 Å². The van der Waals surface area contributed by atoms with E-state index in [1.54, 1.807) is 40.5 Å². The molecule has 12 heteroatoms. The molecule has 1 atom stereocenters. The molecule has 4 heterocycles. The fourth-order valence-electron chi connectivity index (χ4n) is 3.67. The van der Waals surface area contributed by atoms with E-state index in [4.69, 9.17) is 4.42 Å². The molecule has 1 fully saturated rings. The van der Waals surface area contributed by atoms with Crippen LogP contribution in [0.15, 0.2) is 57.6 Å². The number of rotatable bonds is 7. The van der Waals surface area contributed by atoms with Gasteiger partial charge in [-0.3, -0.25) is 14.2 Å². The summed E-state index contributed by atoms with van der Waals surface area (Å²) in [7, 11) is 0. The molecule has 35 heavy (non-hydrogen) atoms. The van der Waals surface area contributed by atoms with Gasteiger partial charge in [-0.25, -0.2) is 9.37 Å². The molecule has 2 amide bonds. The number of nitrogens with zero attached hydrogens (tertiary/aromatic N) is 4. The Kier molecular flexibility index (Phi) is 6.91. The van der Waals surface area contributed by atoms with E-state index in [1.807, 2.05) is 0 Å². The van der Waals surface area contributed by atoms with Gasteiger partial charge in [0.25, 0.3) is 5.91 Å². The average molecular weight is 513 g/mol. The van der Waals surface area contributed by atoms with Crippen molar-refractivity contribution in [2.45, 2.75) is 36.2 Å². The van der Waals surface area contributed by atoms with Gasteiger partial charge in [-0.05, 0) is 55.7 Å². The van der Waals surface area contributed by atoms with Crippen molar-refractivity contribution >= 4 is 34.9 Å². The number of amides is 2. The topological polar surface area (TPSA) is 115 Å². The summed E-state index contributed by atoms with van der Waals surface area (Å²) in [6.45, 7) is 0.632. The molecule has 180 valence electrons. The summed E-state index contributed by atoms with van der Waals surface area (Å²) in [6.07, 6.45) is 3.94. The summed E-state index contributed by atoms with van der Waals surface area (Å²) in [6, 6.07) is 9.02. The zero-order chi connectivity index (χ0) is 24.2. The molecule has 1 saturated heterocycles. The molecule has 1 unspecified atom stereocenters. The van der Waals surface area contributed by atoms with Crippen LogP contribution in [0.3, 0.4) is 0 Å².